The molecule has 0 saturated heterocycles. The minimum Gasteiger partial charge on any atom is -0.467 e. The summed E-state index contributed by atoms with van der Waals surface area (Å²) < 4.78 is 41.6. The van der Waals surface area contributed by atoms with E-state index in [1.54, 1.807) is 97.1 Å². The second kappa shape index (κ2) is 40.0. The number of hydrogen-bond donors (Lipinski definition) is 4. The Morgan fingerprint density at radius 3 is 0.670 bits per heavy atom. The molecule has 12 rings (SSSR count). The number of carbonyl (C=O) groups is 12. The highest BCUT2D eigenvalue weighted by molar-refractivity contribution is 5.98. The summed E-state index contributed by atoms with van der Waals surface area (Å²) in [6.45, 7) is 0. The van der Waals surface area contributed by atoms with E-state index in [0.717, 1.165) is 51.4 Å². The van der Waals surface area contributed by atoms with Crippen LogP contribution >= 0.6 is 0 Å². The van der Waals surface area contributed by atoms with Gasteiger partial charge in [0.1, 0.15) is 47.2 Å². The zero-order chi connectivity index (χ0) is 71.8. The molecule has 0 fully saturated rings. The van der Waals surface area contributed by atoms with E-state index in [9.17, 15) is 57.5 Å². The van der Waals surface area contributed by atoms with Gasteiger partial charge in [-0.05, 0) is 133 Å². The van der Waals surface area contributed by atoms with Gasteiger partial charge in [-0.1, -0.05) is 112 Å². The lowest BCUT2D eigenvalue weighted by atomic mass is 10.0. The van der Waals surface area contributed by atoms with Gasteiger partial charge in [0.2, 0.25) is 23.6 Å². The lowest BCUT2D eigenvalue weighted by Crippen LogP contribution is -2.43. The first-order valence-electron chi connectivity index (χ1n) is 33.2. The molecule has 0 aliphatic carbocycles. The average molecular weight is 1370 g/mol. The molecule has 6 aliphatic rings. The van der Waals surface area contributed by atoms with Crippen LogP contribution in [0.5, 0.6) is 23.0 Å². The molecule has 0 saturated carbocycles. The van der Waals surface area contributed by atoms with Gasteiger partial charge in [0, 0.05) is 51.4 Å². The van der Waals surface area contributed by atoms with Crippen LogP contribution in [0.2, 0.25) is 0 Å². The fourth-order valence-electron chi connectivity index (χ4n) is 10.9. The van der Waals surface area contributed by atoms with Crippen molar-refractivity contribution in [2.45, 2.75) is 153 Å². The Labute approximate surface area is 579 Å². The van der Waals surface area contributed by atoms with E-state index >= 15 is 0 Å². The molecule has 12 bridgehead atoms. The number of methoxy groups -OCH3 is 4. The summed E-state index contributed by atoms with van der Waals surface area (Å²) in [6, 6.07) is 34.3. The maximum atomic E-state index is 12.9. The van der Waals surface area contributed by atoms with Gasteiger partial charge >= 0.3 is 47.8 Å². The second-order valence-corrected chi connectivity index (χ2v) is 23.9. The third kappa shape index (κ3) is 25.4. The van der Waals surface area contributed by atoms with Gasteiger partial charge in [-0.3, -0.25) is 19.2 Å². The first kappa shape index (κ1) is 76.3. The molecule has 0 spiro atoms. The van der Waals surface area contributed by atoms with Crippen LogP contribution in [0.15, 0.2) is 146 Å². The highest BCUT2D eigenvalue weighted by Crippen LogP contribution is 2.23. The Kier molecular flexibility index (Phi) is 30.5. The number of esters is 8. The minimum atomic E-state index is -0.893. The lowest BCUT2D eigenvalue weighted by molar-refractivity contribution is -0.145. The van der Waals surface area contributed by atoms with Gasteiger partial charge in [-0.25, -0.2) is 38.4 Å². The van der Waals surface area contributed by atoms with Crippen LogP contribution < -0.4 is 40.2 Å². The summed E-state index contributed by atoms with van der Waals surface area (Å²) in [4.78, 5) is 152. The Morgan fingerprint density at radius 1 is 0.290 bits per heavy atom. The number of rotatable bonds is 4. The van der Waals surface area contributed by atoms with E-state index in [1.165, 1.54) is 77.0 Å². The molecule has 0 unspecified atom stereocenters. The van der Waals surface area contributed by atoms with Crippen molar-refractivity contribution in [3.05, 3.63) is 190 Å². The Hall–Kier alpha value is -11.0. The summed E-state index contributed by atoms with van der Waals surface area (Å²) in [6.07, 6.45) is 11.1. The first-order chi connectivity index (χ1) is 48.3. The van der Waals surface area contributed by atoms with Gasteiger partial charge in [0.25, 0.3) is 0 Å². The van der Waals surface area contributed by atoms with E-state index in [-0.39, 0.29) is 120 Å². The van der Waals surface area contributed by atoms with Crippen LogP contribution in [-0.2, 0) is 83.0 Å². The standard InChI is InChI=1S/2C38H42N2O10/c2*1-47-37(45)31-22-25-14-18-29(19-15-25)49-35(43)27-10-9-11-28(24-27)36(44)50-30-20-16-26(17-21-30)23-32(38(46)48-2)40-34(42)13-8-6-4-3-5-7-12-33(41)39-31/h2*9-11,14-21,24,31-32H,3-8,12-13,22-23H2,1-2H3,(H,39,41)(H,40,42)/t2*31-,32-/m00/s1. The SMILES string of the molecule is COC(=O)[C@@H]1Cc2ccc(cc2)OC(=O)c2cccc(c2)C(=O)Oc2ccc(cc2)C[C@@H](C(=O)OC)NC(=O)CCCCCCCCC(=O)N1.COC(=O)[C@@H]1Cc2ccc(cc2)OC(=O)c2cccc(c2)C(=O)Oc2ccc(cc2)C[C@@H](C(=O)OC)NC(=O)CCCCCCCCC(=O)N1. The number of nitrogens with one attached hydrogen (secondary N) is 4. The number of fused-ring (bicyclic) bond motifs is 4. The predicted molar refractivity (Wildman–Crippen MR) is 363 cm³/mol. The van der Waals surface area contributed by atoms with Crippen molar-refractivity contribution in [1.29, 1.82) is 0 Å². The molecule has 4 atom stereocenters. The van der Waals surface area contributed by atoms with Crippen LogP contribution in [0.4, 0.5) is 0 Å². The van der Waals surface area contributed by atoms with Crippen molar-refractivity contribution in [3.8, 4) is 23.0 Å². The van der Waals surface area contributed by atoms with Gasteiger partial charge in [0.05, 0.1) is 50.7 Å². The highest BCUT2D eigenvalue weighted by atomic mass is 16.6. The van der Waals surface area contributed by atoms with E-state index in [1.807, 2.05) is 0 Å². The smallest absolute Gasteiger partial charge is 0.343 e. The topological polar surface area (TPSA) is 327 Å². The van der Waals surface area contributed by atoms with Crippen LogP contribution in [0.25, 0.3) is 0 Å². The summed E-state index contributed by atoms with van der Waals surface area (Å²) in [5.74, 6) is -5.16. The summed E-state index contributed by atoms with van der Waals surface area (Å²) >= 11 is 0. The largest absolute Gasteiger partial charge is 0.467 e. The fraction of sp³-hybridized carbons (Fsp3) is 0.368. The Morgan fingerprint density at radius 2 is 0.480 bits per heavy atom. The number of ether oxygens (including phenoxy) is 8. The van der Waals surface area contributed by atoms with Gasteiger partial charge in [0.15, 0.2) is 0 Å². The second-order valence-electron chi connectivity index (χ2n) is 23.9. The number of benzene rings is 6. The van der Waals surface area contributed by atoms with Gasteiger partial charge < -0.3 is 59.2 Å². The number of hydrogen-bond acceptors (Lipinski definition) is 20. The van der Waals surface area contributed by atoms with E-state index < -0.39 is 71.9 Å². The molecule has 4 amide bonds. The molecule has 528 valence electrons. The van der Waals surface area contributed by atoms with Gasteiger partial charge in [-0.2, -0.15) is 0 Å². The first-order valence-corrected chi connectivity index (χ1v) is 33.2. The minimum absolute atomic E-state index is 0.124. The maximum Gasteiger partial charge on any atom is 0.343 e. The molecular weight excluding hydrogens is 1290 g/mol. The van der Waals surface area contributed by atoms with Crippen molar-refractivity contribution in [1.82, 2.24) is 21.3 Å². The molecule has 0 aromatic heterocycles. The van der Waals surface area contributed by atoms with Gasteiger partial charge in [-0.15, -0.1) is 0 Å². The number of carbonyl (C=O) groups excluding carboxylic acids is 12. The van der Waals surface area contributed by atoms with E-state index in [2.05, 4.69) is 21.3 Å². The molecule has 6 aromatic carbocycles. The quantitative estimate of drug-likeness (QED) is 0.0725. The Bertz CT molecular complexity index is 3310. The monoisotopic (exact) mass is 1370 g/mol. The van der Waals surface area contributed by atoms with E-state index in [0.29, 0.717) is 47.9 Å². The van der Waals surface area contributed by atoms with Crippen LogP contribution in [0, 0.1) is 0 Å². The third-order valence-corrected chi connectivity index (χ3v) is 16.4. The van der Waals surface area contributed by atoms with Crippen molar-refractivity contribution in [2.24, 2.45) is 0 Å². The fourth-order valence-corrected chi connectivity index (χ4v) is 10.9. The van der Waals surface area contributed by atoms with Crippen molar-refractivity contribution < 1.29 is 95.4 Å². The zero-order valence-electron chi connectivity index (χ0n) is 56.5. The molecule has 6 aromatic rings. The van der Waals surface area contributed by atoms with Crippen LogP contribution in [0.3, 0.4) is 0 Å². The van der Waals surface area contributed by atoms with Crippen molar-refractivity contribution >= 4 is 71.4 Å². The molecule has 24 nitrogen and oxygen atoms in total. The molecule has 6 heterocycles. The zero-order valence-corrected chi connectivity index (χ0v) is 56.5. The van der Waals surface area contributed by atoms with Crippen molar-refractivity contribution in [2.75, 3.05) is 28.4 Å². The highest BCUT2D eigenvalue weighted by Gasteiger charge is 2.27. The lowest BCUT2D eigenvalue weighted by Gasteiger charge is -2.17. The molecule has 100 heavy (non-hydrogen) atoms. The normalized spacial score (nSPS) is 18.8. The molecular formula is C76H84N4O20. The van der Waals surface area contributed by atoms with Crippen molar-refractivity contribution in [3.63, 3.8) is 0 Å². The molecule has 24 heteroatoms. The number of amides is 4. The van der Waals surface area contributed by atoms with Crippen LogP contribution in [0.1, 0.15) is 166 Å². The molecule has 4 N–H and O–H groups in total. The average Bonchev–Trinajstić information content (AvgIpc) is 0.914. The predicted octanol–water partition coefficient (Wildman–Crippen LogP) is 9.32. The Balaban J connectivity index is 0.000000281. The third-order valence-electron chi connectivity index (χ3n) is 16.4. The molecule has 6 aliphatic heterocycles. The van der Waals surface area contributed by atoms with Crippen LogP contribution in [-0.4, -0.2) is 124 Å². The molecule has 0 radical (unpaired) electrons. The van der Waals surface area contributed by atoms with E-state index in [4.69, 9.17) is 37.9 Å². The maximum absolute atomic E-state index is 12.9. The summed E-state index contributed by atoms with van der Waals surface area (Å²) in [5.41, 5.74) is 3.34. The summed E-state index contributed by atoms with van der Waals surface area (Å²) in [7, 11) is 5.02. The summed E-state index contributed by atoms with van der Waals surface area (Å²) in [5, 5.41) is 11.0.